The Morgan fingerprint density at radius 2 is 1.79 bits per heavy atom. The van der Waals surface area contributed by atoms with Crippen molar-refractivity contribution in [2.75, 3.05) is 11.9 Å². The summed E-state index contributed by atoms with van der Waals surface area (Å²) in [7, 11) is 0. The number of nitrogens with zero attached hydrogens (tertiary/aromatic N) is 5. The first-order valence-corrected chi connectivity index (χ1v) is 12.3. The lowest BCUT2D eigenvalue weighted by Crippen LogP contribution is -2.23. The number of nitrogens with one attached hydrogen (secondary N) is 2. The van der Waals surface area contributed by atoms with E-state index in [1.807, 2.05) is 56.3 Å². The molecule has 10 heteroatoms. The largest absolute Gasteiger partial charge is 0.484 e. The van der Waals surface area contributed by atoms with E-state index in [1.165, 1.54) is 16.4 Å². The molecule has 0 unspecified atom stereocenters. The highest BCUT2D eigenvalue weighted by atomic mass is 16.5. The van der Waals surface area contributed by atoms with E-state index >= 15 is 0 Å². The Balaban J connectivity index is 1.41. The number of anilines is 1. The van der Waals surface area contributed by atoms with Crippen LogP contribution in [0, 0.1) is 20.8 Å². The number of aromatic nitrogens is 6. The van der Waals surface area contributed by atoms with Crippen molar-refractivity contribution >= 4 is 22.8 Å². The summed E-state index contributed by atoms with van der Waals surface area (Å²) in [5.41, 5.74) is 4.89. The molecular formula is C28H29N7O3. The maximum Gasteiger partial charge on any atom is 0.263 e. The minimum absolute atomic E-state index is 0.154. The minimum atomic E-state index is -0.373. The number of hydrogen-bond acceptors (Lipinski definition) is 6. The van der Waals surface area contributed by atoms with Crippen LogP contribution in [0.2, 0.25) is 0 Å². The van der Waals surface area contributed by atoms with Crippen molar-refractivity contribution in [1.82, 2.24) is 29.5 Å². The molecule has 1 amide bonds. The van der Waals surface area contributed by atoms with Gasteiger partial charge in [0.25, 0.3) is 11.5 Å². The van der Waals surface area contributed by atoms with Crippen LogP contribution in [0.1, 0.15) is 42.1 Å². The minimum Gasteiger partial charge on any atom is -0.484 e. The maximum absolute atomic E-state index is 12.9. The average Bonchev–Trinajstić information content (AvgIpc) is 3.48. The van der Waals surface area contributed by atoms with E-state index in [0.717, 1.165) is 16.8 Å². The van der Waals surface area contributed by atoms with E-state index in [4.69, 9.17) is 4.74 Å². The Bertz CT molecular complexity index is 1690. The van der Waals surface area contributed by atoms with Gasteiger partial charge in [-0.3, -0.25) is 14.6 Å². The van der Waals surface area contributed by atoms with E-state index in [1.54, 1.807) is 17.7 Å². The molecule has 2 N–H and O–H groups in total. The number of benzene rings is 2. The maximum atomic E-state index is 12.9. The topological polar surface area (TPSA) is 120 Å². The summed E-state index contributed by atoms with van der Waals surface area (Å²) in [6, 6.07) is 15.3. The second kappa shape index (κ2) is 9.97. The predicted octanol–water partition coefficient (Wildman–Crippen LogP) is 4.36. The molecule has 10 nitrogen and oxygen atoms in total. The van der Waals surface area contributed by atoms with Crippen LogP contribution in [0.25, 0.3) is 22.7 Å². The van der Waals surface area contributed by atoms with Crippen molar-refractivity contribution in [2.24, 2.45) is 0 Å². The quantitative estimate of drug-likeness (QED) is 0.335. The summed E-state index contributed by atoms with van der Waals surface area (Å²) < 4.78 is 8.66. The number of aromatic amines is 1. The standard InChI is InChI=1S/C28H29N7O3/c1-16(2)20-7-10-22(11-8-20)38-15-25(36)30-24-13-19(5)33-35(24)28-31-26-23(27(37)32-28)14-29-34(26)21-9-6-17(3)18(4)12-21/h6-14,16H,15H2,1-5H3,(H,30,36)(H,31,32,37). The number of ether oxygens (including phenoxy) is 1. The molecule has 0 aliphatic rings. The molecular weight excluding hydrogens is 482 g/mol. The van der Waals surface area contributed by atoms with Gasteiger partial charge >= 0.3 is 0 Å². The highest BCUT2D eigenvalue weighted by Crippen LogP contribution is 2.21. The zero-order valence-corrected chi connectivity index (χ0v) is 21.9. The smallest absolute Gasteiger partial charge is 0.263 e. The predicted molar refractivity (Wildman–Crippen MR) is 145 cm³/mol. The van der Waals surface area contributed by atoms with Gasteiger partial charge < -0.3 is 10.1 Å². The van der Waals surface area contributed by atoms with Gasteiger partial charge in [-0.05, 0) is 67.6 Å². The van der Waals surface area contributed by atoms with Gasteiger partial charge in [-0.2, -0.15) is 19.9 Å². The normalized spacial score (nSPS) is 11.3. The third kappa shape index (κ3) is 4.93. The van der Waals surface area contributed by atoms with Gasteiger partial charge in [0.2, 0.25) is 5.95 Å². The first kappa shape index (κ1) is 24.9. The van der Waals surface area contributed by atoms with E-state index < -0.39 is 0 Å². The number of hydrogen-bond donors (Lipinski definition) is 2. The summed E-state index contributed by atoms with van der Waals surface area (Å²) in [6.45, 7) is 9.88. The molecule has 194 valence electrons. The Hall–Kier alpha value is -4.73. The fraction of sp³-hybridized carbons (Fsp3) is 0.250. The van der Waals surface area contributed by atoms with Crippen LogP contribution < -0.4 is 15.6 Å². The molecule has 0 radical (unpaired) electrons. The Kier molecular flexibility index (Phi) is 6.54. The zero-order valence-electron chi connectivity index (χ0n) is 21.9. The number of carbonyl (C=O) groups excluding carboxylic acids is 1. The lowest BCUT2D eigenvalue weighted by molar-refractivity contribution is -0.118. The average molecular weight is 512 g/mol. The summed E-state index contributed by atoms with van der Waals surface area (Å²) >= 11 is 0. The number of fused-ring (bicyclic) bond motifs is 1. The number of aryl methyl sites for hydroxylation is 3. The van der Waals surface area contributed by atoms with Crippen LogP contribution in [-0.2, 0) is 4.79 Å². The Morgan fingerprint density at radius 3 is 2.50 bits per heavy atom. The molecule has 0 fully saturated rings. The highest BCUT2D eigenvalue weighted by Gasteiger charge is 2.17. The Morgan fingerprint density at radius 1 is 1.03 bits per heavy atom. The van der Waals surface area contributed by atoms with Crippen molar-refractivity contribution < 1.29 is 9.53 Å². The zero-order chi connectivity index (χ0) is 27.0. The molecule has 0 bridgehead atoms. The first-order valence-electron chi connectivity index (χ1n) is 12.3. The second-order valence-electron chi connectivity index (χ2n) is 9.60. The summed E-state index contributed by atoms with van der Waals surface area (Å²) in [5, 5.41) is 12.0. The van der Waals surface area contributed by atoms with Crippen LogP contribution in [0.5, 0.6) is 5.75 Å². The number of carbonyl (C=O) groups is 1. The number of rotatable bonds is 7. The van der Waals surface area contributed by atoms with Gasteiger partial charge in [0, 0.05) is 6.07 Å². The molecule has 5 aromatic rings. The van der Waals surface area contributed by atoms with E-state index in [-0.39, 0.29) is 24.0 Å². The molecule has 0 saturated carbocycles. The van der Waals surface area contributed by atoms with E-state index in [9.17, 15) is 9.59 Å². The SMILES string of the molecule is Cc1cc(NC(=O)COc2ccc(C(C)C)cc2)n(-c2nc3c(cnn3-c3ccc(C)c(C)c3)c(=O)[nH]2)n1. The number of amides is 1. The van der Waals surface area contributed by atoms with Gasteiger partial charge in [0.1, 0.15) is 17.0 Å². The molecule has 3 heterocycles. The molecule has 5 rings (SSSR count). The fourth-order valence-corrected chi connectivity index (χ4v) is 4.08. The third-order valence-corrected chi connectivity index (χ3v) is 6.38. The van der Waals surface area contributed by atoms with Gasteiger partial charge in [-0.15, -0.1) is 0 Å². The van der Waals surface area contributed by atoms with Crippen LogP contribution in [0.3, 0.4) is 0 Å². The van der Waals surface area contributed by atoms with Crippen LogP contribution >= 0.6 is 0 Å². The van der Waals surface area contributed by atoms with Gasteiger partial charge in [0.05, 0.1) is 17.6 Å². The molecule has 0 spiro atoms. The summed E-state index contributed by atoms with van der Waals surface area (Å²) in [6.07, 6.45) is 1.49. The van der Waals surface area contributed by atoms with Crippen molar-refractivity contribution in [3.8, 4) is 17.4 Å². The fourth-order valence-electron chi connectivity index (χ4n) is 4.08. The van der Waals surface area contributed by atoms with Crippen molar-refractivity contribution in [1.29, 1.82) is 0 Å². The molecule has 38 heavy (non-hydrogen) atoms. The first-order chi connectivity index (χ1) is 18.2. The lowest BCUT2D eigenvalue weighted by atomic mass is 10.0. The van der Waals surface area contributed by atoms with Gasteiger partial charge in [0.15, 0.2) is 12.3 Å². The van der Waals surface area contributed by atoms with E-state index in [2.05, 4.69) is 39.3 Å². The second-order valence-corrected chi connectivity index (χ2v) is 9.60. The van der Waals surface area contributed by atoms with Crippen LogP contribution in [-0.4, -0.2) is 42.0 Å². The molecule has 0 aliphatic carbocycles. The van der Waals surface area contributed by atoms with Gasteiger partial charge in [-0.25, -0.2) is 4.68 Å². The highest BCUT2D eigenvalue weighted by molar-refractivity contribution is 5.91. The van der Waals surface area contributed by atoms with Crippen molar-refractivity contribution in [3.05, 3.63) is 87.5 Å². The molecule has 2 aromatic carbocycles. The van der Waals surface area contributed by atoms with Gasteiger partial charge in [-0.1, -0.05) is 32.0 Å². The monoisotopic (exact) mass is 511 g/mol. The third-order valence-electron chi connectivity index (χ3n) is 6.38. The van der Waals surface area contributed by atoms with Crippen LogP contribution in [0.4, 0.5) is 5.82 Å². The van der Waals surface area contributed by atoms with Crippen molar-refractivity contribution in [3.63, 3.8) is 0 Å². The number of H-pyrrole nitrogens is 1. The van der Waals surface area contributed by atoms with Crippen LogP contribution in [0.15, 0.2) is 59.5 Å². The molecule has 0 aliphatic heterocycles. The summed E-state index contributed by atoms with van der Waals surface area (Å²) in [4.78, 5) is 33.0. The Labute approximate surface area is 219 Å². The summed E-state index contributed by atoms with van der Waals surface area (Å²) in [5.74, 6) is 1.15. The van der Waals surface area contributed by atoms with E-state index in [0.29, 0.717) is 34.2 Å². The lowest BCUT2D eigenvalue weighted by Gasteiger charge is -2.11. The molecule has 3 aromatic heterocycles. The molecule has 0 saturated heterocycles. The van der Waals surface area contributed by atoms with Crippen molar-refractivity contribution in [2.45, 2.75) is 40.5 Å². The molecule has 0 atom stereocenters.